The van der Waals surface area contributed by atoms with Gasteiger partial charge in [0.2, 0.25) is 0 Å². The van der Waals surface area contributed by atoms with Crippen LogP contribution in [0.15, 0.2) is 93.1 Å². The summed E-state index contributed by atoms with van der Waals surface area (Å²) >= 11 is 2.89. The van der Waals surface area contributed by atoms with Crippen LogP contribution < -0.4 is 10.0 Å². The van der Waals surface area contributed by atoms with Crippen LogP contribution in [0.5, 0.6) is 0 Å². The molecule has 2 aromatic heterocycles. The Morgan fingerprint density at radius 2 is 1.78 bits per heavy atom. The largest absolute Gasteiger partial charge is 0.316 e. The van der Waals surface area contributed by atoms with Crippen LogP contribution in [-0.4, -0.2) is 24.3 Å². The van der Waals surface area contributed by atoms with Crippen LogP contribution in [0.3, 0.4) is 0 Å². The van der Waals surface area contributed by atoms with Crippen LogP contribution in [0, 0.1) is 6.92 Å². The molecule has 0 saturated carbocycles. The Bertz CT molecular complexity index is 1340. The Labute approximate surface area is 194 Å². The summed E-state index contributed by atoms with van der Waals surface area (Å²) < 4.78 is 28.1. The van der Waals surface area contributed by atoms with E-state index in [-0.39, 0.29) is 4.90 Å². The molecule has 4 rings (SSSR count). The Balaban J connectivity index is 1.49. The molecular weight excluding hydrogens is 464 g/mol. The smallest absolute Gasteiger partial charge is 0.265 e. The predicted octanol–water partition coefficient (Wildman–Crippen LogP) is 4.86. The number of hydrogen-bond acceptors (Lipinski definition) is 8. The molecule has 2 aromatic carbocycles. The highest BCUT2D eigenvalue weighted by Crippen LogP contribution is 2.35. The minimum Gasteiger partial charge on any atom is -0.316 e. The van der Waals surface area contributed by atoms with Gasteiger partial charge in [-0.15, -0.1) is 0 Å². The van der Waals surface area contributed by atoms with E-state index in [0.717, 1.165) is 9.10 Å². The number of rotatable bonds is 7. The zero-order valence-electron chi connectivity index (χ0n) is 16.8. The van der Waals surface area contributed by atoms with Crippen molar-refractivity contribution < 1.29 is 13.2 Å². The van der Waals surface area contributed by atoms with E-state index in [1.165, 1.54) is 35.2 Å². The van der Waals surface area contributed by atoms with Crippen molar-refractivity contribution in [2.24, 2.45) is 0 Å². The van der Waals surface area contributed by atoms with Crippen molar-refractivity contribution in [1.82, 2.24) is 14.7 Å². The molecule has 0 spiro atoms. The van der Waals surface area contributed by atoms with Gasteiger partial charge in [0.25, 0.3) is 15.9 Å². The quantitative estimate of drug-likeness (QED) is 0.388. The molecule has 2 heterocycles. The van der Waals surface area contributed by atoms with Crippen LogP contribution in [0.4, 0.5) is 10.9 Å². The topological polar surface area (TPSA) is 101 Å². The molecule has 10 heteroatoms. The van der Waals surface area contributed by atoms with Crippen molar-refractivity contribution in [3.05, 3.63) is 90.3 Å². The fourth-order valence-corrected chi connectivity index (χ4v) is 5.66. The molecule has 0 aliphatic rings. The van der Waals surface area contributed by atoms with Crippen molar-refractivity contribution in [2.45, 2.75) is 20.9 Å². The molecule has 4 aromatic rings. The van der Waals surface area contributed by atoms with Gasteiger partial charge >= 0.3 is 0 Å². The standard InChI is InChI=1S/C22H18N4O3S3/c1-15-10-11-16(30-20-14-24-22(31-20)25-19-9-5-6-12-23-19)13-18(15)21(27)26-32(28,29)17-7-3-2-4-8-17/h2-14H,1H3,(H,26,27)(H,23,24,25). The highest BCUT2D eigenvalue weighted by Gasteiger charge is 2.20. The molecular formula is C22H18N4O3S3. The average Bonchev–Trinajstić information content (AvgIpc) is 3.22. The van der Waals surface area contributed by atoms with Crippen LogP contribution in [0.2, 0.25) is 0 Å². The van der Waals surface area contributed by atoms with Gasteiger partial charge in [-0.25, -0.2) is 23.1 Å². The number of amides is 1. The maximum absolute atomic E-state index is 12.7. The van der Waals surface area contributed by atoms with E-state index < -0.39 is 15.9 Å². The number of nitrogens with one attached hydrogen (secondary N) is 2. The van der Waals surface area contributed by atoms with Crippen LogP contribution >= 0.6 is 23.1 Å². The van der Waals surface area contributed by atoms with Gasteiger partial charge in [-0.1, -0.05) is 53.4 Å². The van der Waals surface area contributed by atoms with E-state index in [1.54, 1.807) is 49.6 Å². The number of nitrogens with zero attached hydrogens (tertiary/aromatic N) is 2. The van der Waals surface area contributed by atoms with E-state index >= 15 is 0 Å². The molecule has 0 aliphatic carbocycles. The highest BCUT2D eigenvalue weighted by atomic mass is 32.2. The summed E-state index contributed by atoms with van der Waals surface area (Å²) in [5.41, 5.74) is 0.975. The minimum atomic E-state index is -3.95. The lowest BCUT2D eigenvalue weighted by Gasteiger charge is -2.10. The number of sulfonamides is 1. The monoisotopic (exact) mass is 482 g/mol. The Kier molecular flexibility index (Phi) is 6.54. The fourth-order valence-electron chi connectivity index (χ4n) is 2.77. The van der Waals surface area contributed by atoms with E-state index in [1.807, 2.05) is 24.3 Å². The number of aryl methyl sites for hydroxylation is 1. The second-order valence-electron chi connectivity index (χ2n) is 6.65. The summed E-state index contributed by atoms with van der Waals surface area (Å²) in [6.07, 6.45) is 3.43. The third-order valence-corrected chi connectivity index (χ3v) is 7.69. The summed E-state index contributed by atoms with van der Waals surface area (Å²) in [6, 6.07) is 18.7. The second-order valence-corrected chi connectivity index (χ2v) is 10.7. The van der Waals surface area contributed by atoms with E-state index in [4.69, 9.17) is 0 Å². The summed E-state index contributed by atoms with van der Waals surface area (Å²) in [5.74, 6) is 0.0305. The maximum atomic E-state index is 12.7. The van der Waals surface area contributed by atoms with Gasteiger partial charge in [-0.05, 0) is 48.9 Å². The van der Waals surface area contributed by atoms with Gasteiger partial charge in [0.15, 0.2) is 5.13 Å². The average molecular weight is 483 g/mol. The van der Waals surface area contributed by atoms with Crippen molar-refractivity contribution in [3.8, 4) is 0 Å². The van der Waals surface area contributed by atoms with Gasteiger partial charge in [0.05, 0.1) is 15.3 Å². The zero-order valence-corrected chi connectivity index (χ0v) is 19.3. The number of aromatic nitrogens is 2. The number of thiazole rings is 1. The second kappa shape index (κ2) is 9.51. The fraction of sp³-hybridized carbons (Fsp3) is 0.0455. The highest BCUT2D eigenvalue weighted by molar-refractivity contribution is 8.01. The molecule has 0 bridgehead atoms. The summed E-state index contributed by atoms with van der Waals surface area (Å²) in [5, 5.41) is 3.84. The molecule has 0 saturated heterocycles. The number of anilines is 2. The maximum Gasteiger partial charge on any atom is 0.265 e. The molecule has 0 atom stereocenters. The number of hydrogen-bond donors (Lipinski definition) is 2. The number of carbonyl (C=O) groups is 1. The van der Waals surface area contributed by atoms with Crippen LogP contribution in [0.1, 0.15) is 15.9 Å². The molecule has 2 N–H and O–H groups in total. The van der Waals surface area contributed by atoms with Crippen molar-refractivity contribution >= 4 is 50.0 Å². The zero-order chi connectivity index (χ0) is 22.6. The molecule has 0 radical (unpaired) electrons. The first kappa shape index (κ1) is 22.0. The third-order valence-electron chi connectivity index (χ3n) is 4.34. The first-order chi connectivity index (χ1) is 15.4. The van der Waals surface area contributed by atoms with Gasteiger partial charge in [-0.2, -0.15) is 0 Å². The van der Waals surface area contributed by atoms with E-state index in [9.17, 15) is 13.2 Å². The Morgan fingerprint density at radius 3 is 2.53 bits per heavy atom. The SMILES string of the molecule is Cc1ccc(Sc2cnc(Nc3ccccn3)s2)cc1C(=O)NS(=O)(=O)c1ccccc1. The molecule has 7 nitrogen and oxygen atoms in total. The van der Waals surface area contributed by atoms with Crippen LogP contribution in [0.25, 0.3) is 0 Å². The third kappa shape index (κ3) is 5.34. The lowest BCUT2D eigenvalue weighted by molar-refractivity contribution is 0.0980. The summed E-state index contributed by atoms with van der Waals surface area (Å²) in [7, 11) is -3.95. The van der Waals surface area contributed by atoms with Gasteiger partial charge in [0.1, 0.15) is 5.82 Å². The molecule has 1 amide bonds. The number of benzene rings is 2. The number of carbonyl (C=O) groups excluding carboxylic acids is 1. The number of pyridine rings is 1. The van der Waals surface area contributed by atoms with Crippen LogP contribution in [-0.2, 0) is 10.0 Å². The Morgan fingerprint density at radius 1 is 1.00 bits per heavy atom. The van der Waals surface area contributed by atoms with Gasteiger partial charge in [-0.3, -0.25) is 4.79 Å². The molecule has 0 fully saturated rings. The molecule has 32 heavy (non-hydrogen) atoms. The Hall–Kier alpha value is -3.21. The molecule has 0 aliphatic heterocycles. The van der Waals surface area contributed by atoms with Crippen molar-refractivity contribution in [1.29, 1.82) is 0 Å². The summed E-state index contributed by atoms with van der Waals surface area (Å²) in [4.78, 5) is 22.1. The first-order valence-corrected chi connectivity index (χ1v) is 12.6. The van der Waals surface area contributed by atoms with E-state index in [2.05, 4.69) is 20.0 Å². The summed E-state index contributed by atoms with van der Waals surface area (Å²) in [6.45, 7) is 1.76. The van der Waals surface area contributed by atoms with Crippen molar-refractivity contribution in [2.75, 3.05) is 5.32 Å². The minimum absolute atomic E-state index is 0.0362. The molecule has 0 unspecified atom stereocenters. The lowest BCUT2D eigenvalue weighted by Crippen LogP contribution is -2.31. The normalized spacial score (nSPS) is 11.2. The van der Waals surface area contributed by atoms with Gasteiger partial charge in [0, 0.05) is 16.7 Å². The predicted molar refractivity (Wildman–Crippen MR) is 126 cm³/mol. The van der Waals surface area contributed by atoms with Crippen molar-refractivity contribution in [3.63, 3.8) is 0 Å². The first-order valence-electron chi connectivity index (χ1n) is 9.45. The van der Waals surface area contributed by atoms with Gasteiger partial charge < -0.3 is 5.32 Å². The molecule has 162 valence electrons. The lowest BCUT2D eigenvalue weighted by atomic mass is 10.1. The van der Waals surface area contributed by atoms with E-state index in [0.29, 0.717) is 22.1 Å².